The van der Waals surface area contributed by atoms with Crippen LogP contribution in [0.15, 0.2) is 0 Å². The summed E-state index contributed by atoms with van der Waals surface area (Å²) < 4.78 is 30.1. The number of hydrogen-bond acceptors (Lipinski definition) is 4. The van der Waals surface area contributed by atoms with Crippen molar-refractivity contribution >= 4 is 10.0 Å². The predicted molar refractivity (Wildman–Crippen MR) is 66.0 cm³/mol. The van der Waals surface area contributed by atoms with E-state index in [1.807, 2.05) is 14.0 Å². The number of unbranched alkanes of at least 4 members (excludes halogenated alkanes) is 1. The Morgan fingerprint density at radius 1 is 1.38 bits per heavy atom. The van der Waals surface area contributed by atoms with Gasteiger partial charge in [-0.15, -0.1) is 0 Å². The van der Waals surface area contributed by atoms with Crippen molar-refractivity contribution in [1.82, 2.24) is 9.62 Å². The van der Waals surface area contributed by atoms with Crippen molar-refractivity contribution in [3.63, 3.8) is 0 Å². The average molecular weight is 252 g/mol. The SMILES string of the molecule is CNCCCCS(=O)(=O)N(C)C(C)COC. The van der Waals surface area contributed by atoms with E-state index in [0.717, 1.165) is 13.0 Å². The highest BCUT2D eigenvalue weighted by atomic mass is 32.2. The van der Waals surface area contributed by atoms with Crippen LogP contribution in [0.5, 0.6) is 0 Å². The molecule has 0 amide bonds. The molecule has 0 aliphatic heterocycles. The lowest BCUT2D eigenvalue weighted by molar-refractivity contribution is 0.149. The summed E-state index contributed by atoms with van der Waals surface area (Å²) in [5, 5.41) is 3.00. The zero-order valence-corrected chi connectivity index (χ0v) is 11.5. The van der Waals surface area contributed by atoms with E-state index in [0.29, 0.717) is 13.0 Å². The van der Waals surface area contributed by atoms with Gasteiger partial charge < -0.3 is 10.1 Å². The molecule has 0 saturated carbocycles. The van der Waals surface area contributed by atoms with Crippen LogP contribution in [0.25, 0.3) is 0 Å². The highest BCUT2D eigenvalue weighted by Crippen LogP contribution is 2.07. The number of nitrogens with one attached hydrogen (secondary N) is 1. The van der Waals surface area contributed by atoms with Gasteiger partial charge in [0.05, 0.1) is 12.4 Å². The molecule has 1 N–H and O–H groups in total. The van der Waals surface area contributed by atoms with E-state index in [9.17, 15) is 8.42 Å². The summed E-state index contributed by atoms with van der Waals surface area (Å²) in [4.78, 5) is 0. The molecule has 0 aliphatic rings. The first-order valence-corrected chi connectivity index (χ1v) is 7.16. The minimum absolute atomic E-state index is 0.112. The average Bonchev–Trinajstić information content (AvgIpc) is 2.23. The molecule has 98 valence electrons. The van der Waals surface area contributed by atoms with Crippen molar-refractivity contribution < 1.29 is 13.2 Å². The van der Waals surface area contributed by atoms with Crippen LogP contribution < -0.4 is 5.32 Å². The summed E-state index contributed by atoms with van der Waals surface area (Å²) >= 11 is 0. The van der Waals surface area contributed by atoms with Crippen LogP contribution in [0.3, 0.4) is 0 Å². The minimum Gasteiger partial charge on any atom is -0.383 e. The fourth-order valence-electron chi connectivity index (χ4n) is 1.35. The smallest absolute Gasteiger partial charge is 0.214 e. The third-order valence-electron chi connectivity index (χ3n) is 2.55. The van der Waals surface area contributed by atoms with Crippen molar-refractivity contribution in [3.8, 4) is 0 Å². The summed E-state index contributed by atoms with van der Waals surface area (Å²) in [6.07, 6.45) is 1.56. The highest BCUT2D eigenvalue weighted by Gasteiger charge is 2.22. The van der Waals surface area contributed by atoms with Crippen molar-refractivity contribution in [1.29, 1.82) is 0 Å². The van der Waals surface area contributed by atoms with E-state index in [1.165, 1.54) is 4.31 Å². The van der Waals surface area contributed by atoms with Crippen LogP contribution in [0.2, 0.25) is 0 Å². The largest absolute Gasteiger partial charge is 0.383 e. The van der Waals surface area contributed by atoms with Crippen LogP contribution in [0.1, 0.15) is 19.8 Å². The maximum absolute atomic E-state index is 11.9. The summed E-state index contributed by atoms with van der Waals surface area (Å²) in [5.74, 6) is 0.208. The number of ether oxygens (including phenoxy) is 1. The molecular formula is C10H24N2O3S. The first kappa shape index (κ1) is 15.8. The molecular weight excluding hydrogens is 228 g/mol. The van der Waals surface area contributed by atoms with Crippen LogP contribution >= 0.6 is 0 Å². The van der Waals surface area contributed by atoms with Gasteiger partial charge in [-0.05, 0) is 33.4 Å². The number of likely N-dealkylation sites (N-methyl/N-ethyl adjacent to an activating group) is 1. The first-order chi connectivity index (χ1) is 7.45. The van der Waals surface area contributed by atoms with Crippen LogP contribution in [0.4, 0.5) is 0 Å². The van der Waals surface area contributed by atoms with Gasteiger partial charge in [-0.25, -0.2) is 8.42 Å². The molecule has 1 atom stereocenters. The number of nitrogens with zero attached hydrogens (tertiary/aromatic N) is 1. The number of methoxy groups -OCH3 is 1. The van der Waals surface area contributed by atoms with Crippen molar-refractivity contribution in [2.75, 3.05) is 40.1 Å². The molecule has 6 heteroatoms. The third-order valence-corrected chi connectivity index (χ3v) is 4.59. The Morgan fingerprint density at radius 3 is 2.50 bits per heavy atom. The molecule has 0 bridgehead atoms. The molecule has 1 unspecified atom stereocenters. The Labute approximate surface area is 99.2 Å². The molecule has 0 heterocycles. The van der Waals surface area contributed by atoms with E-state index in [1.54, 1.807) is 14.2 Å². The topological polar surface area (TPSA) is 58.6 Å². The first-order valence-electron chi connectivity index (χ1n) is 5.55. The van der Waals surface area contributed by atoms with Gasteiger partial charge in [0.1, 0.15) is 0 Å². The van der Waals surface area contributed by atoms with E-state index in [2.05, 4.69) is 5.32 Å². The second-order valence-corrected chi connectivity index (χ2v) is 6.10. The lowest BCUT2D eigenvalue weighted by Gasteiger charge is -2.23. The maximum Gasteiger partial charge on any atom is 0.214 e. The lowest BCUT2D eigenvalue weighted by Crippen LogP contribution is -2.39. The molecule has 0 rings (SSSR count). The highest BCUT2D eigenvalue weighted by molar-refractivity contribution is 7.89. The summed E-state index contributed by atoms with van der Waals surface area (Å²) in [6, 6.07) is -0.112. The summed E-state index contributed by atoms with van der Waals surface area (Å²) in [5.41, 5.74) is 0. The molecule has 0 radical (unpaired) electrons. The number of sulfonamides is 1. The second kappa shape index (κ2) is 8.00. The van der Waals surface area contributed by atoms with E-state index in [-0.39, 0.29) is 11.8 Å². The lowest BCUT2D eigenvalue weighted by atomic mass is 10.3. The van der Waals surface area contributed by atoms with Crippen LogP contribution in [-0.2, 0) is 14.8 Å². The van der Waals surface area contributed by atoms with Gasteiger partial charge in [0.15, 0.2) is 0 Å². The van der Waals surface area contributed by atoms with Crippen molar-refractivity contribution in [2.24, 2.45) is 0 Å². The Kier molecular flexibility index (Phi) is 7.91. The molecule has 0 aromatic heterocycles. The number of rotatable bonds is 9. The van der Waals surface area contributed by atoms with E-state index >= 15 is 0 Å². The summed E-state index contributed by atoms with van der Waals surface area (Å²) in [7, 11) is 1.91. The standard InChI is InChI=1S/C10H24N2O3S/c1-10(9-15-4)12(3)16(13,14)8-6-5-7-11-2/h10-11H,5-9H2,1-4H3. The van der Waals surface area contributed by atoms with Gasteiger partial charge in [-0.1, -0.05) is 0 Å². The molecule has 0 spiro atoms. The van der Waals surface area contributed by atoms with Crippen LogP contribution in [-0.4, -0.2) is 58.9 Å². The van der Waals surface area contributed by atoms with Gasteiger partial charge in [-0.2, -0.15) is 4.31 Å². The molecule has 0 aliphatic carbocycles. The van der Waals surface area contributed by atoms with E-state index in [4.69, 9.17) is 4.74 Å². The van der Waals surface area contributed by atoms with Gasteiger partial charge in [-0.3, -0.25) is 0 Å². The van der Waals surface area contributed by atoms with Gasteiger partial charge >= 0.3 is 0 Å². The van der Waals surface area contributed by atoms with Crippen molar-refractivity contribution in [3.05, 3.63) is 0 Å². The third kappa shape index (κ3) is 5.79. The second-order valence-electron chi connectivity index (χ2n) is 3.95. The molecule has 5 nitrogen and oxygen atoms in total. The van der Waals surface area contributed by atoms with Gasteiger partial charge in [0.2, 0.25) is 10.0 Å². The Bertz CT molecular complexity index is 267. The minimum atomic E-state index is -3.14. The quantitative estimate of drug-likeness (QED) is 0.599. The molecule has 16 heavy (non-hydrogen) atoms. The maximum atomic E-state index is 11.9. The summed E-state index contributed by atoms with van der Waals surface area (Å²) in [6.45, 7) is 3.12. The van der Waals surface area contributed by atoms with E-state index < -0.39 is 10.0 Å². The number of hydrogen-bond donors (Lipinski definition) is 1. The predicted octanol–water partition coefficient (Wildman–Crippen LogP) is 0.283. The van der Waals surface area contributed by atoms with Crippen molar-refractivity contribution in [2.45, 2.75) is 25.8 Å². The molecule has 0 saturated heterocycles. The Balaban J connectivity index is 4.10. The fraction of sp³-hybridized carbons (Fsp3) is 1.00. The molecule has 0 aromatic carbocycles. The normalized spacial score (nSPS) is 14.3. The van der Waals surface area contributed by atoms with Gasteiger partial charge in [0, 0.05) is 20.2 Å². The van der Waals surface area contributed by atoms with Crippen LogP contribution in [0, 0.1) is 0 Å². The zero-order valence-electron chi connectivity index (χ0n) is 10.7. The monoisotopic (exact) mass is 252 g/mol. The zero-order chi connectivity index (χ0) is 12.6. The molecule has 0 aromatic rings. The van der Waals surface area contributed by atoms with Gasteiger partial charge in [0.25, 0.3) is 0 Å². The molecule has 0 fully saturated rings. The Hall–Kier alpha value is -0.170. The Morgan fingerprint density at radius 2 is 2.00 bits per heavy atom. The fourth-order valence-corrected chi connectivity index (χ4v) is 2.82.